The molecule has 9 heteroatoms. The summed E-state index contributed by atoms with van der Waals surface area (Å²) >= 11 is 0. The summed E-state index contributed by atoms with van der Waals surface area (Å²) in [6.07, 6.45) is -1.54. The lowest BCUT2D eigenvalue weighted by Gasteiger charge is -2.08. The molecule has 2 aromatic carbocycles. The Kier molecular flexibility index (Phi) is 8.30. The number of aliphatic carboxylic acids is 1. The summed E-state index contributed by atoms with van der Waals surface area (Å²) in [5.74, 6) is -1.97. The van der Waals surface area contributed by atoms with Crippen LogP contribution in [-0.4, -0.2) is 34.3 Å². The van der Waals surface area contributed by atoms with Crippen LogP contribution in [0.1, 0.15) is 11.1 Å². The minimum Gasteiger partial charge on any atom is -0.475 e. The van der Waals surface area contributed by atoms with Crippen LogP contribution in [0.15, 0.2) is 67.0 Å². The third-order valence-electron chi connectivity index (χ3n) is 3.79. The quantitative estimate of drug-likeness (QED) is 0.559. The molecule has 158 valence electrons. The average Bonchev–Trinajstić information content (AvgIpc) is 2.73. The zero-order valence-electron chi connectivity index (χ0n) is 16.1. The first kappa shape index (κ1) is 22.8. The van der Waals surface area contributed by atoms with Crippen molar-refractivity contribution in [2.24, 2.45) is 0 Å². The molecule has 3 rings (SSSR count). The van der Waals surface area contributed by atoms with E-state index in [-0.39, 0.29) is 0 Å². The van der Waals surface area contributed by atoms with Gasteiger partial charge in [0.1, 0.15) is 5.82 Å². The molecule has 1 aromatic heterocycles. The van der Waals surface area contributed by atoms with Crippen molar-refractivity contribution in [1.82, 2.24) is 15.3 Å². The summed E-state index contributed by atoms with van der Waals surface area (Å²) in [5.41, 5.74) is 4.44. The van der Waals surface area contributed by atoms with E-state index in [0.29, 0.717) is 0 Å². The van der Waals surface area contributed by atoms with Crippen molar-refractivity contribution in [1.29, 1.82) is 0 Å². The summed E-state index contributed by atoms with van der Waals surface area (Å²) < 4.78 is 31.7. The molecule has 3 N–H and O–H groups in total. The van der Waals surface area contributed by atoms with E-state index in [1.165, 1.54) is 11.1 Å². The number of carboxylic acid groups (broad SMARTS) is 1. The summed E-state index contributed by atoms with van der Waals surface area (Å²) in [5, 5.41) is 13.6. The zero-order valence-corrected chi connectivity index (χ0v) is 16.1. The van der Waals surface area contributed by atoms with Crippen LogP contribution in [0.2, 0.25) is 0 Å². The number of rotatable bonds is 6. The van der Waals surface area contributed by atoms with Gasteiger partial charge in [0.15, 0.2) is 0 Å². The average molecular weight is 418 g/mol. The van der Waals surface area contributed by atoms with Gasteiger partial charge >= 0.3 is 12.1 Å². The number of hydrogen-bond donors (Lipinski definition) is 3. The number of hydrogen-bond acceptors (Lipinski definition) is 5. The molecule has 0 amide bonds. The molecule has 30 heavy (non-hydrogen) atoms. The van der Waals surface area contributed by atoms with Crippen molar-refractivity contribution in [3.63, 3.8) is 0 Å². The molecule has 0 aliphatic rings. The maximum Gasteiger partial charge on any atom is 0.490 e. The normalized spacial score (nSPS) is 10.7. The van der Waals surface area contributed by atoms with Crippen LogP contribution in [0.5, 0.6) is 0 Å². The highest BCUT2D eigenvalue weighted by Gasteiger charge is 2.38. The Balaban J connectivity index is 0.000000396. The van der Waals surface area contributed by atoms with E-state index in [9.17, 15) is 13.2 Å². The third kappa shape index (κ3) is 7.51. The van der Waals surface area contributed by atoms with Crippen LogP contribution >= 0.6 is 0 Å². The minimum absolute atomic E-state index is 0.727. The Bertz CT molecular complexity index is 950. The highest BCUT2D eigenvalue weighted by atomic mass is 19.4. The monoisotopic (exact) mass is 418 g/mol. The van der Waals surface area contributed by atoms with E-state index >= 15 is 0 Å². The van der Waals surface area contributed by atoms with Gasteiger partial charge in [-0.05, 0) is 18.2 Å². The van der Waals surface area contributed by atoms with Gasteiger partial charge < -0.3 is 15.7 Å². The predicted octanol–water partition coefficient (Wildman–Crippen LogP) is 4.11. The second kappa shape index (κ2) is 10.9. The lowest BCUT2D eigenvalue weighted by atomic mass is 10.1. The molecule has 0 aliphatic heterocycles. The summed E-state index contributed by atoms with van der Waals surface area (Å²) in [6.45, 7) is 1.60. The fourth-order valence-electron chi connectivity index (χ4n) is 2.45. The molecule has 1 heterocycles. The number of nitrogens with one attached hydrogen (secondary N) is 2. The molecular formula is C21H21F3N4O2. The van der Waals surface area contributed by atoms with Gasteiger partial charge in [0.05, 0.1) is 18.1 Å². The van der Waals surface area contributed by atoms with Gasteiger partial charge in [-0.15, -0.1) is 0 Å². The molecule has 0 unspecified atom stereocenters. The van der Waals surface area contributed by atoms with E-state index in [1.54, 1.807) is 12.4 Å². The van der Waals surface area contributed by atoms with Crippen LogP contribution in [0.3, 0.4) is 0 Å². The van der Waals surface area contributed by atoms with Crippen LogP contribution in [0.25, 0.3) is 11.3 Å². The second-order valence-electron chi connectivity index (χ2n) is 6.16. The fourth-order valence-corrected chi connectivity index (χ4v) is 2.45. The molecule has 0 aliphatic carbocycles. The maximum absolute atomic E-state index is 10.6. The van der Waals surface area contributed by atoms with Crippen LogP contribution < -0.4 is 10.6 Å². The predicted molar refractivity (Wildman–Crippen MR) is 108 cm³/mol. The molecular weight excluding hydrogens is 397 g/mol. The SMILES string of the molecule is CNCc1cccc(CNc2cncc(-c3ccccc3)n2)c1.O=C(O)C(F)(F)F. The van der Waals surface area contributed by atoms with E-state index in [0.717, 1.165) is 30.2 Å². The number of carboxylic acids is 1. The number of aromatic nitrogens is 2. The molecule has 0 radical (unpaired) electrons. The minimum atomic E-state index is -5.08. The number of anilines is 1. The van der Waals surface area contributed by atoms with Gasteiger partial charge in [-0.1, -0.05) is 54.6 Å². The van der Waals surface area contributed by atoms with E-state index in [1.807, 2.05) is 37.4 Å². The third-order valence-corrected chi connectivity index (χ3v) is 3.79. The Morgan fingerprint density at radius 2 is 1.63 bits per heavy atom. The van der Waals surface area contributed by atoms with Gasteiger partial charge in [-0.25, -0.2) is 9.78 Å². The molecule has 3 aromatic rings. The van der Waals surface area contributed by atoms with Crippen LogP contribution in [0.4, 0.5) is 19.0 Å². The number of carbonyl (C=O) groups is 1. The number of halogens is 3. The number of benzene rings is 2. The van der Waals surface area contributed by atoms with Gasteiger partial charge in [-0.3, -0.25) is 4.98 Å². The summed E-state index contributed by atoms with van der Waals surface area (Å²) in [4.78, 5) is 17.8. The smallest absolute Gasteiger partial charge is 0.475 e. The Morgan fingerprint density at radius 1 is 1.00 bits per heavy atom. The molecule has 0 bridgehead atoms. The van der Waals surface area contributed by atoms with Crippen molar-refractivity contribution < 1.29 is 23.1 Å². The first-order chi connectivity index (χ1) is 14.3. The molecule has 0 atom stereocenters. The molecule has 0 saturated heterocycles. The Morgan fingerprint density at radius 3 is 2.23 bits per heavy atom. The molecule has 6 nitrogen and oxygen atoms in total. The van der Waals surface area contributed by atoms with Crippen LogP contribution in [-0.2, 0) is 17.9 Å². The molecule has 0 saturated carbocycles. The summed E-state index contributed by atoms with van der Waals surface area (Å²) in [6, 6.07) is 18.6. The van der Waals surface area contributed by atoms with Gasteiger partial charge in [0, 0.05) is 18.7 Å². The van der Waals surface area contributed by atoms with E-state index < -0.39 is 12.1 Å². The van der Waals surface area contributed by atoms with Gasteiger partial charge in [0.25, 0.3) is 0 Å². The van der Waals surface area contributed by atoms with Crippen molar-refractivity contribution in [3.05, 3.63) is 78.1 Å². The lowest BCUT2D eigenvalue weighted by Crippen LogP contribution is -2.21. The standard InChI is InChI=1S/C19H20N4.C2HF3O2/c1-20-11-15-6-5-7-16(10-15)12-22-19-14-21-13-18(23-19)17-8-3-2-4-9-17;3-2(4,5)1(6)7/h2-10,13-14,20H,11-12H2,1H3,(H,22,23);(H,6,7). The van der Waals surface area contributed by atoms with Crippen molar-refractivity contribution in [3.8, 4) is 11.3 Å². The Labute approximate surface area is 171 Å². The van der Waals surface area contributed by atoms with Crippen molar-refractivity contribution in [2.45, 2.75) is 19.3 Å². The number of nitrogens with zero attached hydrogens (tertiary/aromatic N) is 2. The van der Waals surface area contributed by atoms with E-state index in [4.69, 9.17) is 9.90 Å². The Hall–Kier alpha value is -3.46. The molecule has 0 fully saturated rings. The van der Waals surface area contributed by atoms with Crippen LogP contribution in [0, 0.1) is 0 Å². The first-order valence-electron chi connectivity index (χ1n) is 8.93. The largest absolute Gasteiger partial charge is 0.490 e. The molecule has 0 spiro atoms. The van der Waals surface area contributed by atoms with Crippen molar-refractivity contribution in [2.75, 3.05) is 12.4 Å². The number of alkyl halides is 3. The summed E-state index contributed by atoms with van der Waals surface area (Å²) in [7, 11) is 1.95. The van der Waals surface area contributed by atoms with Crippen molar-refractivity contribution >= 4 is 11.8 Å². The highest BCUT2D eigenvalue weighted by molar-refractivity contribution is 5.73. The van der Waals surface area contributed by atoms with Gasteiger partial charge in [-0.2, -0.15) is 13.2 Å². The van der Waals surface area contributed by atoms with Gasteiger partial charge in [0.2, 0.25) is 0 Å². The highest BCUT2D eigenvalue weighted by Crippen LogP contribution is 2.17. The maximum atomic E-state index is 10.6. The van der Waals surface area contributed by atoms with E-state index in [2.05, 4.69) is 44.9 Å². The second-order valence-corrected chi connectivity index (χ2v) is 6.16. The first-order valence-corrected chi connectivity index (χ1v) is 8.93. The lowest BCUT2D eigenvalue weighted by molar-refractivity contribution is -0.192. The fraction of sp³-hybridized carbons (Fsp3) is 0.190. The topological polar surface area (TPSA) is 87.1 Å². The zero-order chi connectivity index (χ0) is 22.0.